The van der Waals surface area contributed by atoms with Gasteiger partial charge in [0.05, 0.1) is 18.3 Å². The second-order valence-corrected chi connectivity index (χ2v) is 9.96. The molecule has 1 aliphatic heterocycles. The summed E-state index contributed by atoms with van der Waals surface area (Å²) in [6.45, 7) is 3.22. The maximum atomic E-state index is 5.42. The zero-order valence-electron chi connectivity index (χ0n) is 21.7. The average Bonchev–Trinajstić information content (AvgIpc) is 3.61. The fourth-order valence-corrected chi connectivity index (χ4v) is 5.36. The first kappa shape index (κ1) is 23.5. The van der Waals surface area contributed by atoms with Gasteiger partial charge in [-0.1, -0.05) is 18.6 Å². The van der Waals surface area contributed by atoms with Crippen molar-refractivity contribution in [2.24, 2.45) is 0 Å². The Morgan fingerprint density at radius 3 is 2.74 bits per heavy atom. The van der Waals surface area contributed by atoms with Gasteiger partial charge in [-0.05, 0) is 73.5 Å². The van der Waals surface area contributed by atoms with Crippen LogP contribution in [0.1, 0.15) is 24.8 Å². The number of aromatic nitrogens is 7. The number of fused-ring (bicyclic) bond motifs is 2. The van der Waals surface area contributed by atoms with E-state index in [1.807, 2.05) is 54.9 Å². The van der Waals surface area contributed by atoms with Crippen LogP contribution in [-0.2, 0) is 6.54 Å². The normalized spacial score (nSPS) is 14.3. The molecule has 0 spiro atoms. The molecule has 0 bridgehead atoms. The number of H-pyrrole nitrogens is 2. The van der Waals surface area contributed by atoms with Crippen LogP contribution in [0.15, 0.2) is 67.1 Å². The lowest BCUT2D eigenvalue weighted by molar-refractivity contribution is 0.220. The summed E-state index contributed by atoms with van der Waals surface area (Å²) >= 11 is 0. The Kier molecular flexibility index (Phi) is 5.97. The van der Waals surface area contributed by atoms with Crippen LogP contribution in [-0.4, -0.2) is 60.2 Å². The predicted octanol–water partition coefficient (Wildman–Crippen LogP) is 5.62. The Morgan fingerprint density at radius 2 is 1.85 bits per heavy atom. The standard InChI is InChI=1S/C30H28N8O/c1-39-22-7-5-6-20(15-22)23-10-11-32-29-26(23)34-30(35-29)28-27-25(36-37-28)9-8-24(33-27)21-14-19(16-31-17-21)18-38-12-3-2-4-13-38/h5-11,14-17H,2-4,12-13,18H2,1H3,(H,36,37)(H,32,34,35). The van der Waals surface area contributed by atoms with Gasteiger partial charge in [-0.2, -0.15) is 5.10 Å². The molecule has 1 aliphatic rings. The SMILES string of the molecule is COc1cccc(-c2ccnc3[nH]c(-c4n[nH]c5ccc(-c6cncc(CN7CCCCC7)c6)nc45)nc23)c1. The number of hydrogen-bond acceptors (Lipinski definition) is 7. The van der Waals surface area contributed by atoms with Gasteiger partial charge in [0, 0.05) is 36.3 Å². The minimum Gasteiger partial charge on any atom is -0.497 e. The Labute approximate surface area is 225 Å². The number of imidazole rings is 1. The van der Waals surface area contributed by atoms with Crippen molar-refractivity contribution in [2.75, 3.05) is 20.2 Å². The molecule has 0 aliphatic carbocycles. The van der Waals surface area contributed by atoms with Gasteiger partial charge >= 0.3 is 0 Å². The highest BCUT2D eigenvalue weighted by Crippen LogP contribution is 2.32. The third kappa shape index (κ3) is 4.51. The fourth-order valence-electron chi connectivity index (χ4n) is 5.36. The van der Waals surface area contributed by atoms with Gasteiger partial charge in [0.2, 0.25) is 0 Å². The molecular formula is C30H28N8O. The minimum absolute atomic E-state index is 0.612. The summed E-state index contributed by atoms with van der Waals surface area (Å²) < 4.78 is 5.42. The summed E-state index contributed by atoms with van der Waals surface area (Å²) in [6.07, 6.45) is 9.48. The van der Waals surface area contributed by atoms with Gasteiger partial charge in [-0.15, -0.1) is 0 Å². The predicted molar refractivity (Wildman–Crippen MR) is 151 cm³/mol. The quantitative estimate of drug-likeness (QED) is 0.296. The largest absolute Gasteiger partial charge is 0.497 e. The van der Waals surface area contributed by atoms with Crippen molar-refractivity contribution < 1.29 is 4.74 Å². The number of methoxy groups -OCH3 is 1. The van der Waals surface area contributed by atoms with Crippen LogP contribution in [0.2, 0.25) is 0 Å². The van der Waals surface area contributed by atoms with Crippen LogP contribution < -0.4 is 4.74 Å². The molecule has 6 heterocycles. The van der Waals surface area contributed by atoms with E-state index in [4.69, 9.17) is 14.7 Å². The fraction of sp³-hybridized carbons (Fsp3) is 0.233. The summed E-state index contributed by atoms with van der Waals surface area (Å²) in [4.78, 5) is 24.8. The van der Waals surface area contributed by atoms with Gasteiger partial charge in [-0.3, -0.25) is 15.0 Å². The van der Waals surface area contributed by atoms with E-state index in [0.29, 0.717) is 17.2 Å². The molecule has 0 amide bonds. The molecule has 9 heteroatoms. The number of nitrogens with one attached hydrogen (secondary N) is 2. The molecule has 39 heavy (non-hydrogen) atoms. The van der Waals surface area contributed by atoms with Gasteiger partial charge in [0.25, 0.3) is 0 Å². The lowest BCUT2D eigenvalue weighted by atomic mass is 10.1. The molecule has 0 atom stereocenters. The molecule has 1 saturated heterocycles. The van der Waals surface area contributed by atoms with E-state index in [1.54, 1.807) is 13.3 Å². The molecule has 194 valence electrons. The van der Waals surface area contributed by atoms with Crippen LogP contribution >= 0.6 is 0 Å². The number of benzene rings is 1. The van der Waals surface area contributed by atoms with E-state index in [1.165, 1.54) is 24.8 Å². The van der Waals surface area contributed by atoms with Crippen LogP contribution in [0.25, 0.3) is 56.1 Å². The highest BCUT2D eigenvalue weighted by molar-refractivity contribution is 5.95. The van der Waals surface area contributed by atoms with E-state index in [0.717, 1.165) is 64.3 Å². The van der Waals surface area contributed by atoms with Crippen LogP contribution in [0.4, 0.5) is 0 Å². The lowest BCUT2D eigenvalue weighted by Gasteiger charge is -2.26. The maximum absolute atomic E-state index is 5.42. The van der Waals surface area contributed by atoms with Gasteiger partial charge < -0.3 is 9.72 Å². The Balaban J connectivity index is 1.25. The second-order valence-electron chi connectivity index (χ2n) is 9.96. The number of rotatable bonds is 6. The van der Waals surface area contributed by atoms with Crippen LogP contribution in [0, 0.1) is 0 Å². The van der Waals surface area contributed by atoms with E-state index >= 15 is 0 Å². The highest BCUT2D eigenvalue weighted by Gasteiger charge is 2.18. The second kappa shape index (κ2) is 9.92. The summed E-state index contributed by atoms with van der Waals surface area (Å²) in [7, 11) is 1.67. The van der Waals surface area contributed by atoms with E-state index in [-0.39, 0.29) is 0 Å². The van der Waals surface area contributed by atoms with Crippen molar-refractivity contribution in [3.8, 4) is 39.7 Å². The van der Waals surface area contributed by atoms with Crippen molar-refractivity contribution in [3.05, 3.63) is 72.7 Å². The van der Waals surface area contributed by atoms with Gasteiger partial charge in [0.15, 0.2) is 17.2 Å². The topological polar surface area (TPSA) is 108 Å². The summed E-state index contributed by atoms with van der Waals surface area (Å²) in [6, 6.07) is 16.1. The van der Waals surface area contributed by atoms with Crippen molar-refractivity contribution in [1.82, 2.24) is 40.0 Å². The Morgan fingerprint density at radius 1 is 0.923 bits per heavy atom. The molecule has 2 N–H and O–H groups in total. The highest BCUT2D eigenvalue weighted by atomic mass is 16.5. The molecule has 6 aromatic rings. The monoisotopic (exact) mass is 516 g/mol. The third-order valence-corrected chi connectivity index (χ3v) is 7.34. The van der Waals surface area contributed by atoms with E-state index in [2.05, 4.69) is 36.1 Å². The van der Waals surface area contributed by atoms with Crippen molar-refractivity contribution in [3.63, 3.8) is 0 Å². The molecule has 1 aromatic carbocycles. The zero-order valence-corrected chi connectivity index (χ0v) is 21.7. The number of nitrogens with zero attached hydrogens (tertiary/aromatic N) is 6. The molecule has 9 nitrogen and oxygen atoms in total. The first-order valence-electron chi connectivity index (χ1n) is 13.3. The van der Waals surface area contributed by atoms with Gasteiger partial charge in [0.1, 0.15) is 16.8 Å². The smallest absolute Gasteiger partial charge is 0.162 e. The maximum Gasteiger partial charge on any atom is 0.162 e. The number of pyridine rings is 3. The Hall–Kier alpha value is -4.63. The first-order valence-corrected chi connectivity index (χ1v) is 13.3. The van der Waals surface area contributed by atoms with Gasteiger partial charge in [-0.25, -0.2) is 15.0 Å². The number of likely N-dealkylation sites (tertiary alicyclic amines) is 1. The van der Waals surface area contributed by atoms with Crippen LogP contribution in [0.3, 0.4) is 0 Å². The average molecular weight is 517 g/mol. The number of piperidine rings is 1. The summed E-state index contributed by atoms with van der Waals surface area (Å²) in [5.41, 5.74) is 8.71. The van der Waals surface area contributed by atoms with E-state index < -0.39 is 0 Å². The minimum atomic E-state index is 0.612. The molecule has 7 rings (SSSR count). The molecule has 0 unspecified atom stereocenters. The number of aromatic amines is 2. The van der Waals surface area contributed by atoms with Crippen molar-refractivity contribution >= 4 is 22.2 Å². The number of ether oxygens (including phenoxy) is 1. The molecule has 1 fully saturated rings. The number of hydrogen-bond donors (Lipinski definition) is 2. The van der Waals surface area contributed by atoms with Crippen molar-refractivity contribution in [1.29, 1.82) is 0 Å². The molecule has 5 aromatic heterocycles. The zero-order chi connectivity index (χ0) is 26.2. The van der Waals surface area contributed by atoms with Crippen molar-refractivity contribution in [2.45, 2.75) is 25.8 Å². The summed E-state index contributed by atoms with van der Waals surface area (Å²) in [5, 5.41) is 7.67. The molecule has 0 radical (unpaired) electrons. The molecule has 0 saturated carbocycles. The molecular weight excluding hydrogens is 488 g/mol. The lowest BCUT2D eigenvalue weighted by Crippen LogP contribution is -2.29. The Bertz CT molecular complexity index is 1780. The van der Waals surface area contributed by atoms with E-state index in [9.17, 15) is 0 Å². The van der Waals surface area contributed by atoms with Crippen LogP contribution in [0.5, 0.6) is 5.75 Å². The third-order valence-electron chi connectivity index (χ3n) is 7.34. The first-order chi connectivity index (χ1) is 19.2. The summed E-state index contributed by atoms with van der Waals surface area (Å²) in [5.74, 6) is 1.40.